The van der Waals surface area contributed by atoms with Gasteiger partial charge in [0.25, 0.3) is 5.91 Å². The zero-order valence-electron chi connectivity index (χ0n) is 9.53. The molecule has 19 heavy (non-hydrogen) atoms. The minimum absolute atomic E-state index is 0.0253. The predicted octanol–water partition coefficient (Wildman–Crippen LogP) is 3.10. The number of carbonyl (C=O) groups is 1. The highest BCUT2D eigenvalue weighted by molar-refractivity contribution is 9.10. The maximum Gasteiger partial charge on any atom is 0.256 e. The van der Waals surface area contributed by atoms with Gasteiger partial charge in [0.1, 0.15) is 17.1 Å². The van der Waals surface area contributed by atoms with E-state index in [1.165, 1.54) is 18.5 Å². The lowest BCUT2D eigenvalue weighted by Gasteiger charge is -2.05. The number of alkyl halides is 1. The summed E-state index contributed by atoms with van der Waals surface area (Å²) in [6, 6.07) is 3.35. The molecule has 1 aromatic heterocycles. The van der Waals surface area contributed by atoms with Crippen LogP contribution >= 0.6 is 15.9 Å². The van der Waals surface area contributed by atoms with Crippen LogP contribution in [0.1, 0.15) is 15.9 Å². The Bertz CT molecular complexity index is 604. The van der Waals surface area contributed by atoms with Crippen LogP contribution in [0.3, 0.4) is 0 Å². The fourth-order valence-electron chi connectivity index (χ4n) is 1.42. The Hall–Kier alpha value is -1.89. The van der Waals surface area contributed by atoms with E-state index in [1.807, 2.05) is 0 Å². The second kappa shape index (κ2) is 5.83. The third kappa shape index (κ3) is 3.54. The van der Waals surface area contributed by atoms with Crippen molar-refractivity contribution in [1.29, 1.82) is 0 Å². The molecule has 2 aromatic rings. The molecule has 1 amide bonds. The lowest BCUT2D eigenvalue weighted by molar-refractivity contribution is 0.102. The van der Waals surface area contributed by atoms with Gasteiger partial charge in [0, 0.05) is 5.56 Å². The SMILES string of the molecule is O=C(Nc1cnc(Br)cn1)c1cc(F)cc(CF)c1. The van der Waals surface area contributed by atoms with E-state index in [1.54, 1.807) is 0 Å². The van der Waals surface area contributed by atoms with Crippen molar-refractivity contribution in [3.8, 4) is 0 Å². The van der Waals surface area contributed by atoms with Gasteiger partial charge >= 0.3 is 0 Å². The van der Waals surface area contributed by atoms with Gasteiger partial charge in [-0.3, -0.25) is 4.79 Å². The molecule has 0 radical (unpaired) electrons. The second-order valence-electron chi connectivity index (χ2n) is 3.66. The highest BCUT2D eigenvalue weighted by Crippen LogP contribution is 2.13. The molecule has 0 aliphatic carbocycles. The van der Waals surface area contributed by atoms with Gasteiger partial charge in [-0.15, -0.1) is 0 Å². The van der Waals surface area contributed by atoms with Crippen molar-refractivity contribution >= 4 is 27.7 Å². The molecule has 1 aromatic carbocycles. The topological polar surface area (TPSA) is 54.9 Å². The highest BCUT2D eigenvalue weighted by atomic mass is 79.9. The number of nitrogens with zero attached hydrogens (tertiary/aromatic N) is 2. The smallest absolute Gasteiger partial charge is 0.256 e. The van der Waals surface area contributed by atoms with Crippen LogP contribution in [0.5, 0.6) is 0 Å². The van der Waals surface area contributed by atoms with E-state index < -0.39 is 18.4 Å². The molecule has 0 unspecified atom stereocenters. The third-order valence-corrected chi connectivity index (χ3v) is 2.65. The van der Waals surface area contributed by atoms with Crippen LogP contribution in [-0.4, -0.2) is 15.9 Å². The summed E-state index contributed by atoms with van der Waals surface area (Å²) >= 11 is 3.11. The first-order valence-corrected chi connectivity index (χ1v) is 6.02. The Morgan fingerprint density at radius 3 is 2.68 bits per heavy atom. The molecular formula is C12H8BrF2N3O. The molecule has 0 aliphatic rings. The molecule has 2 rings (SSSR count). The van der Waals surface area contributed by atoms with Crippen LogP contribution in [0.15, 0.2) is 35.2 Å². The van der Waals surface area contributed by atoms with Crippen LogP contribution in [-0.2, 0) is 6.67 Å². The Morgan fingerprint density at radius 2 is 2.05 bits per heavy atom. The standard InChI is InChI=1S/C12H8BrF2N3O/c13-10-5-17-11(6-16-10)18-12(19)8-1-7(4-14)2-9(15)3-8/h1-3,5-6H,4H2,(H,17,18,19). The first-order chi connectivity index (χ1) is 9.08. The summed E-state index contributed by atoms with van der Waals surface area (Å²) in [4.78, 5) is 19.6. The van der Waals surface area contributed by atoms with Crippen molar-refractivity contribution in [2.24, 2.45) is 0 Å². The number of aromatic nitrogens is 2. The van der Waals surface area contributed by atoms with Crippen molar-refractivity contribution in [2.75, 3.05) is 5.32 Å². The number of benzene rings is 1. The van der Waals surface area contributed by atoms with Crippen molar-refractivity contribution < 1.29 is 13.6 Å². The van der Waals surface area contributed by atoms with Crippen molar-refractivity contribution in [2.45, 2.75) is 6.67 Å². The van der Waals surface area contributed by atoms with E-state index in [4.69, 9.17) is 0 Å². The zero-order chi connectivity index (χ0) is 13.8. The normalized spacial score (nSPS) is 10.3. The number of halogens is 3. The summed E-state index contributed by atoms with van der Waals surface area (Å²) in [5.74, 6) is -1.02. The molecule has 1 heterocycles. The van der Waals surface area contributed by atoms with E-state index in [0.29, 0.717) is 4.60 Å². The highest BCUT2D eigenvalue weighted by Gasteiger charge is 2.10. The summed E-state index contributed by atoms with van der Waals surface area (Å²) in [6.07, 6.45) is 2.76. The van der Waals surface area contributed by atoms with Crippen LogP contribution in [0.25, 0.3) is 0 Å². The monoisotopic (exact) mass is 327 g/mol. The number of hydrogen-bond acceptors (Lipinski definition) is 3. The summed E-state index contributed by atoms with van der Waals surface area (Å²) < 4.78 is 26.2. The predicted molar refractivity (Wildman–Crippen MR) is 68.9 cm³/mol. The maximum absolute atomic E-state index is 13.2. The minimum atomic E-state index is -0.837. The molecule has 4 nitrogen and oxygen atoms in total. The van der Waals surface area contributed by atoms with Gasteiger partial charge in [-0.1, -0.05) is 0 Å². The zero-order valence-corrected chi connectivity index (χ0v) is 11.1. The van der Waals surface area contributed by atoms with Gasteiger partial charge in [-0.25, -0.2) is 18.7 Å². The van der Waals surface area contributed by atoms with Crippen molar-refractivity contribution in [1.82, 2.24) is 9.97 Å². The summed E-state index contributed by atoms with van der Waals surface area (Å²) in [6.45, 7) is -0.837. The van der Waals surface area contributed by atoms with Gasteiger partial charge < -0.3 is 5.32 Å². The molecule has 1 N–H and O–H groups in total. The number of hydrogen-bond donors (Lipinski definition) is 1. The number of nitrogens with one attached hydrogen (secondary N) is 1. The first kappa shape index (κ1) is 13.5. The van der Waals surface area contributed by atoms with E-state index >= 15 is 0 Å². The average Bonchev–Trinajstić information content (AvgIpc) is 2.40. The van der Waals surface area contributed by atoms with E-state index in [2.05, 4.69) is 31.2 Å². The Labute approximate surface area is 116 Å². The van der Waals surface area contributed by atoms with Crippen molar-refractivity contribution in [3.63, 3.8) is 0 Å². The number of carbonyl (C=O) groups excluding carboxylic acids is 1. The van der Waals surface area contributed by atoms with Crippen LogP contribution in [0, 0.1) is 5.82 Å². The lowest BCUT2D eigenvalue weighted by Crippen LogP contribution is -2.13. The molecular weight excluding hydrogens is 320 g/mol. The molecule has 98 valence electrons. The van der Waals surface area contributed by atoms with Gasteiger partial charge in [0.2, 0.25) is 0 Å². The van der Waals surface area contributed by atoms with Gasteiger partial charge in [0.15, 0.2) is 5.82 Å². The molecule has 0 atom stereocenters. The molecule has 0 saturated carbocycles. The second-order valence-corrected chi connectivity index (χ2v) is 4.47. The molecule has 0 aliphatic heterocycles. The summed E-state index contributed by atoms with van der Waals surface area (Å²) in [5, 5.41) is 2.44. The van der Waals surface area contributed by atoms with Crippen LogP contribution in [0.4, 0.5) is 14.6 Å². The maximum atomic E-state index is 13.2. The van der Waals surface area contributed by atoms with Crippen LogP contribution < -0.4 is 5.32 Å². The molecule has 0 saturated heterocycles. The Kier molecular flexibility index (Phi) is 4.16. The first-order valence-electron chi connectivity index (χ1n) is 5.23. The molecule has 0 spiro atoms. The summed E-state index contributed by atoms with van der Waals surface area (Å²) in [7, 11) is 0. The van der Waals surface area contributed by atoms with E-state index in [0.717, 1.165) is 12.1 Å². The third-order valence-electron chi connectivity index (χ3n) is 2.24. The average molecular weight is 328 g/mol. The Balaban J connectivity index is 2.20. The fourth-order valence-corrected chi connectivity index (χ4v) is 1.63. The quantitative estimate of drug-likeness (QED) is 0.942. The largest absolute Gasteiger partial charge is 0.305 e. The van der Waals surface area contributed by atoms with Gasteiger partial charge in [-0.2, -0.15) is 0 Å². The van der Waals surface area contributed by atoms with Crippen molar-refractivity contribution in [3.05, 3.63) is 52.1 Å². The van der Waals surface area contributed by atoms with E-state index in [-0.39, 0.29) is 16.9 Å². The molecule has 0 bridgehead atoms. The number of anilines is 1. The molecule has 0 fully saturated rings. The lowest BCUT2D eigenvalue weighted by atomic mass is 10.1. The number of rotatable bonds is 3. The minimum Gasteiger partial charge on any atom is -0.305 e. The van der Waals surface area contributed by atoms with Crippen LogP contribution in [0.2, 0.25) is 0 Å². The fraction of sp³-hybridized carbons (Fsp3) is 0.0833. The Morgan fingerprint density at radius 1 is 1.26 bits per heavy atom. The number of amides is 1. The van der Waals surface area contributed by atoms with Gasteiger partial charge in [0.05, 0.1) is 12.4 Å². The molecule has 7 heteroatoms. The summed E-state index contributed by atoms with van der Waals surface area (Å²) in [5.41, 5.74) is 0.129. The van der Waals surface area contributed by atoms with E-state index in [9.17, 15) is 13.6 Å². The van der Waals surface area contributed by atoms with Gasteiger partial charge in [-0.05, 0) is 39.7 Å².